The first-order valence-electron chi connectivity index (χ1n) is 3.08. The van der Waals surface area contributed by atoms with Gasteiger partial charge < -0.3 is 4.74 Å². The van der Waals surface area contributed by atoms with Gasteiger partial charge in [0.05, 0.1) is 6.04 Å². The lowest BCUT2D eigenvalue weighted by atomic mass is 10.2. The van der Waals surface area contributed by atoms with Crippen molar-refractivity contribution in [1.29, 1.82) is 0 Å². The molecular formula is C4H6N6O. The zero-order chi connectivity index (χ0) is 8.10. The van der Waals surface area contributed by atoms with Crippen LogP contribution in [0.5, 0.6) is 0 Å². The Morgan fingerprint density at radius 1 is 1.27 bits per heavy atom. The maximum absolute atomic E-state index is 8.08. The monoisotopic (exact) mass is 154 g/mol. The molecule has 1 saturated heterocycles. The Labute approximate surface area is 62.2 Å². The van der Waals surface area contributed by atoms with Crippen molar-refractivity contribution in [3.63, 3.8) is 0 Å². The molecule has 0 radical (unpaired) electrons. The van der Waals surface area contributed by atoms with E-state index in [-0.39, 0.29) is 6.04 Å². The van der Waals surface area contributed by atoms with E-state index in [9.17, 15) is 0 Å². The third-order valence-electron chi connectivity index (χ3n) is 1.40. The molecule has 0 spiro atoms. The van der Waals surface area contributed by atoms with Gasteiger partial charge in [0.15, 0.2) is 0 Å². The minimum atomic E-state index is -0.615. The second kappa shape index (κ2) is 3.68. The molecule has 7 heteroatoms. The summed E-state index contributed by atoms with van der Waals surface area (Å²) in [5.41, 5.74) is 16.1. The molecule has 0 N–H and O–H groups in total. The minimum Gasteiger partial charge on any atom is -0.372 e. The zero-order valence-electron chi connectivity index (χ0n) is 5.66. The summed E-state index contributed by atoms with van der Waals surface area (Å²) >= 11 is 0. The van der Waals surface area contributed by atoms with Crippen LogP contribution in [-0.2, 0) is 4.74 Å². The summed E-state index contributed by atoms with van der Waals surface area (Å²) in [6.45, 7) is 0.480. The van der Waals surface area contributed by atoms with Crippen molar-refractivity contribution in [3.05, 3.63) is 20.9 Å². The van der Waals surface area contributed by atoms with E-state index in [4.69, 9.17) is 15.8 Å². The first-order chi connectivity index (χ1) is 5.38. The Balaban J connectivity index is 2.64. The molecule has 0 aromatic heterocycles. The third kappa shape index (κ3) is 1.75. The second-order valence-corrected chi connectivity index (χ2v) is 2.03. The summed E-state index contributed by atoms with van der Waals surface area (Å²) in [7, 11) is 0. The highest BCUT2D eigenvalue weighted by molar-refractivity contribution is 4.80. The minimum absolute atomic E-state index is 0.337. The van der Waals surface area contributed by atoms with Crippen LogP contribution in [0.3, 0.4) is 0 Å². The molecule has 1 heterocycles. The summed E-state index contributed by atoms with van der Waals surface area (Å²) in [4.78, 5) is 5.18. The van der Waals surface area contributed by atoms with Crippen LogP contribution >= 0.6 is 0 Å². The third-order valence-corrected chi connectivity index (χ3v) is 1.40. The zero-order valence-corrected chi connectivity index (χ0v) is 5.66. The van der Waals surface area contributed by atoms with E-state index in [1.165, 1.54) is 0 Å². The lowest BCUT2D eigenvalue weighted by molar-refractivity contribution is 0.110. The molecule has 2 unspecified atom stereocenters. The molecule has 1 aliphatic rings. The van der Waals surface area contributed by atoms with Crippen molar-refractivity contribution in [3.8, 4) is 0 Å². The largest absolute Gasteiger partial charge is 0.372 e. The van der Waals surface area contributed by atoms with Gasteiger partial charge in [-0.2, -0.15) is 0 Å². The molecule has 0 amide bonds. The fourth-order valence-electron chi connectivity index (χ4n) is 0.905. The average Bonchev–Trinajstić information content (AvgIpc) is 2.39. The second-order valence-electron chi connectivity index (χ2n) is 2.03. The Kier molecular flexibility index (Phi) is 2.57. The van der Waals surface area contributed by atoms with Gasteiger partial charge in [0, 0.05) is 16.4 Å². The smallest absolute Gasteiger partial charge is 0.145 e. The van der Waals surface area contributed by atoms with E-state index < -0.39 is 6.23 Å². The highest BCUT2D eigenvalue weighted by Crippen LogP contribution is 2.18. The molecule has 11 heavy (non-hydrogen) atoms. The summed E-state index contributed by atoms with van der Waals surface area (Å²) in [6.07, 6.45) is 0.00389. The topological polar surface area (TPSA) is 107 Å². The molecule has 1 aliphatic heterocycles. The van der Waals surface area contributed by atoms with E-state index in [1.54, 1.807) is 0 Å². The number of rotatable bonds is 2. The highest BCUT2D eigenvalue weighted by atomic mass is 16.5. The molecule has 2 atom stereocenters. The van der Waals surface area contributed by atoms with Crippen molar-refractivity contribution in [2.45, 2.75) is 18.7 Å². The van der Waals surface area contributed by atoms with Crippen LogP contribution in [0.15, 0.2) is 10.2 Å². The normalized spacial score (nSPS) is 28.7. The first kappa shape index (κ1) is 7.68. The van der Waals surface area contributed by atoms with Gasteiger partial charge in [-0.3, -0.25) is 0 Å². The average molecular weight is 154 g/mol. The predicted molar refractivity (Wildman–Crippen MR) is 36.4 cm³/mol. The molecule has 0 aromatic rings. The Morgan fingerprint density at radius 2 is 2.00 bits per heavy atom. The van der Waals surface area contributed by atoms with Gasteiger partial charge in [-0.1, -0.05) is 10.2 Å². The molecule has 58 valence electrons. The fraction of sp³-hybridized carbons (Fsp3) is 1.00. The predicted octanol–water partition coefficient (Wildman–Crippen LogP) is 1.72. The van der Waals surface area contributed by atoms with Gasteiger partial charge in [0.2, 0.25) is 0 Å². The van der Waals surface area contributed by atoms with Crippen LogP contribution < -0.4 is 0 Å². The van der Waals surface area contributed by atoms with E-state index in [2.05, 4.69) is 20.1 Å². The summed E-state index contributed by atoms with van der Waals surface area (Å²) in [5, 5.41) is 6.73. The van der Waals surface area contributed by atoms with E-state index in [0.29, 0.717) is 13.0 Å². The summed E-state index contributed by atoms with van der Waals surface area (Å²) in [6, 6.07) is -0.337. The van der Waals surface area contributed by atoms with Crippen LogP contribution in [0, 0.1) is 0 Å². The molecule has 0 saturated carbocycles. The van der Waals surface area contributed by atoms with Crippen molar-refractivity contribution in [1.82, 2.24) is 0 Å². The molecule has 1 fully saturated rings. The Hall–Kier alpha value is -1.42. The van der Waals surface area contributed by atoms with E-state index in [0.717, 1.165) is 0 Å². The van der Waals surface area contributed by atoms with Gasteiger partial charge in [-0.05, 0) is 17.5 Å². The van der Waals surface area contributed by atoms with Crippen LogP contribution in [0.2, 0.25) is 0 Å². The van der Waals surface area contributed by atoms with Crippen LogP contribution in [0.4, 0.5) is 0 Å². The van der Waals surface area contributed by atoms with Crippen molar-refractivity contribution in [2.75, 3.05) is 6.61 Å². The quantitative estimate of drug-likeness (QED) is 0.337. The summed E-state index contributed by atoms with van der Waals surface area (Å²) < 4.78 is 4.97. The van der Waals surface area contributed by atoms with Gasteiger partial charge in [0.25, 0.3) is 0 Å². The number of hydrogen-bond donors (Lipinski definition) is 0. The van der Waals surface area contributed by atoms with Gasteiger partial charge >= 0.3 is 0 Å². The van der Waals surface area contributed by atoms with Crippen molar-refractivity contribution in [2.24, 2.45) is 10.2 Å². The fourth-order valence-corrected chi connectivity index (χ4v) is 0.905. The number of nitrogens with zero attached hydrogens (tertiary/aromatic N) is 6. The van der Waals surface area contributed by atoms with Crippen molar-refractivity contribution < 1.29 is 4.74 Å². The summed E-state index contributed by atoms with van der Waals surface area (Å²) in [5.74, 6) is 0. The molecule has 0 aromatic carbocycles. The molecular weight excluding hydrogens is 148 g/mol. The number of azide groups is 2. The molecule has 0 aliphatic carbocycles. The Morgan fingerprint density at radius 3 is 2.64 bits per heavy atom. The van der Waals surface area contributed by atoms with Crippen LogP contribution in [0.25, 0.3) is 20.9 Å². The van der Waals surface area contributed by atoms with Crippen LogP contribution in [-0.4, -0.2) is 18.9 Å². The van der Waals surface area contributed by atoms with Gasteiger partial charge in [-0.25, -0.2) is 0 Å². The molecule has 7 nitrogen and oxygen atoms in total. The highest BCUT2D eigenvalue weighted by Gasteiger charge is 2.25. The molecule has 1 rings (SSSR count). The van der Waals surface area contributed by atoms with Crippen LogP contribution in [0.1, 0.15) is 6.42 Å². The van der Waals surface area contributed by atoms with Gasteiger partial charge in [-0.15, -0.1) is 0 Å². The lowest BCUT2D eigenvalue weighted by Crippen LogP contribution is -2.14. The number of hydrogen-bond acceptors (Lipinski definition) is 3. The number of ether oxygens (including phenoxy) is 1. The lowest BCUT2D eigenvalue weighted by Gasteiger charge is -2.04. The standard InChI is InChI=1S/C4H6N6O/c5-9-7-3-1-2-11-4(3)8-10-6/h3-4H,1-2H2. The van der Waals surface area contributed by atoms with Crippen molar-refractivity contribution >= 4 is 0 Å². The Bertz CT molecular complexity index is 203. The van der Waals surface area contributed by atoms with Gasteiger partial charge in [0.1, 0.15) is 6.23 Å². The van der Waals surface area contributed by atoms with E-state index >= 15 is 0 Å². The molecule has 0 bridgehead atoms. The first-order valence-corrected chi connectivity index (χ1v) is 3.08. The maximum atomic E-state index is 8.08. The van der Waals surface area contributed by atoms with E-state index in [1.807, 2.05) is 0 Å². The maximum Gasteiger partial charge on any atom is 0.145 e. The SMILES string of the molecule is [N-]=[N+]=NC1CCOC1N=[N+]=[N-].